The average Bonchev–Trinajstić information content (AvgIpc) is 2.82. The third-order valence-electron chi connectivity index (χ3n) is 4.15. The number of hydrogen-bond acceptors (Lipinski definition) is 7. The molecule has 0 saturated carbocycles. The maximum atomic E-state index is 14.4. The van der Waals surface area contributed by atoms with Crippen LogP contribution in [0.2, 0.25) is 0 Å². The summed E-state index contributed by atoms with van der Waals surface area (Å²) in [4.78, 5) is 21.6. The van der Waals surface area contributed by atoms with E-state index in [2.05, 4.69) is 9.98 Å². The lowest BCUT2D eigenvalue weighted by atomic mass is 10.1. The Morgan fingerprint density at radius 3 is 3.00 bits per heavy atom. The number of aromatic nitrogens is 2. The molecule has 25 heavy (non-hydrogen) atoms. The largest absolute Gasteiger partial charge is 0.405 e. The summed E-state index contributed by atoms with van der Waals surface area (Å²) >= 11 is 0. The van der Waals surface area contributed by atoms with Crippen LogP contribution < -0.4 is 17.2 Å². The van der Waals surface area contributed by atoms with E-state index in [1.54, 1.807) is 6.08 Å². The third kappa shape index (κ3) is 3.85. The second kappa shape index (κ2) is 6.89. The summed E-state index contributed by atoms with van der Waals surface area (Å²) in [5, 5.41) is 0. The predicted octanol–water partition coefficient (Wildman–Crippen LogP) is -0.0227. The van der Waals surface area contributed by atoms with E-state index in [1.807, 2.05) is 4.90 Å². The molecule has 0 amide bonds. The second-order valence-corrected chi connectivity index (χ2v) is 6.09. The Hall–Kier alpha value is -2.33. The van der Waals surface area contributed by atoms with E-state index in [0.29, 0.717) is 26.2 Å². The predicted molar refractivity (Wildman–Crippen MR) is 88.5 cm³/mol. The van der Waals surface area contributed by atoms with Crippen LogP contribution in [0.5, 0.6) is 0 Å². The zero-order valence-electron chi connectivity index (χ0n) is 13.5. The van der Waals surface area contributed by atoms with E-state index in [1.165, 1.54) is 18.5 Å². The smallest absolute Gasteiger partial charge is 0.351 e. The molecule has 3 rings (SSSR count). The van der Waals surface area contributed by atoms with Crippen LogP contribution in [-0.2, 0) is 4.74 Å². The number of ether oxygens (including phenoxy) is 1. The number of halogens is 2. The third-order valence-corrected chi connectivity index (χ3v) is 4.15. The lowest BCUT2D eigenvalue weighted by Gasteiger charge is -2.27. The van der Waals surface area contributed by atoms with Crippen LogP contribution in [0.3, 0.4) is 0 Å². The molecule has 0 spiro atoms. The molecule has 136 valence electrons. The zero-order chi connectivity index (χ0) is 18.0. The fraction of sp³-hybridized carbons (Fsp3) is 0.533. The van der Waals surface area contributed by atoms with Gasteiger partial charge in [-0.05, 0) is 18.3 Å². The van der Waals surface area contributed by atoms with Crippen LogP contribution >= 0.6 is 0 Å². The Bertz CT molecular complexity index is 748. The molecule has 1 saturated heterocycles. The first-order chi connectivity index (χ1) is 11.9. The molecule has 0 aliphatic carbocycles. The highest BCUT2D eigenvalue weighted by Crippen LogP contribution is 2.42. The first kappa shape index (κ1) is 17.5. The van der Waals surface area contributed by atoms with Crippen molar-refractivity contribution in [3.63, 3.8) is 0 Å². The number of nitrogen functional groups attached to an aromatic ring is 1. The average molecular weight is 354 g/mol. The molecule has 0 radical (unpaired) electrons. The van der Waals surface area contributed by atoms with Gasteiger partial charge in [-0.3, -0.25) is 14.5 Å². The molecule has 2 atom stereocenters. The normalized spacial score (nSPS) is 26.9. The molecule has 3 heterocycles. The van der Waals surface area contributed by atoms with Gasteiger partial charge in [-0.25, -0.2) is 13.6 Å². The van der Waals surface area contributed by atoms with Crippen LogP contribution in [0, 0.1) is 0 Å². The van der Waals surface area contributed by atoms with Crippen molar-refractivity contribution in [2.75, 3.05) is 31.9 Å². The van der Waals surface area contributed by atoms with Crippen LogP contribution in [0.25, 0.3) is 0 Å². The van der Waals surface area contributed by atoms with Crippen LogP contribution in [-0.4, -0.2) is 58.4 Å². The molecule has 10 heteroatoms. The van der Waals surface area contributed by atoms with Crippen LogP contribution in [0.4, 0.5) is 14.6 Å². The van der Waals surface area contributed by atoms with Gasteiger partial charge in [0.2, 0.25) is 6.23 Å². The second-order valence-electron chi connectivity index (χ2n) is 6.09. The minimum atomic E-state index is -3.17. The highest BCUT2D eigenvalue weighted by Gasteiger charge is 2.52. The monoisotopic (exact) mass is 354 g/mol. The van der Waals surface area contributed by atoms with Crippen molar-refractivity contribution in [1.29, 1.82) is 0 Å². The van der Waals surface area contributed by atoms with Gasteiger partial charge in [-0.15, -0.1) is 0 Å². The molecular formula is C15H20F2N6O2. The Kier molecular flexibility index (Phi) is 4.82. The Labute approximate surface area is 142 Å². The molecule has 1 aromatic rings. The van der Waals surface area contributed by atoms with Crippen molar-refractivity contribution in [2.24, 2.45) is 10.7 Å². The van der Waals surface area contributed by atoms with Crippen molar-refractivity contribution in [3.8, 4) is 0 Å². The number of rotatable bonds is 4. The van der Waals surface area contributed by atoms with Crippen molar-refractivity contribution >= 4 is 11.5 Å². The van der Waals surface area contributed by atoms with E-state index >= 15 is 0 Å². The summed E-state index contributed by atoms with van der Waals surface area (Å²) in [6.45, 7) is 2.07. The maximum Gasteiger partial charge on any atom is 0.351 e. The topological polar surface area (TPSA) is 112 Å². The van der Waals surface area contributed by atoms with E-state index in [0.717, 1.165) is 10.3 Å². The van der Waals surface area contributed by atoms with Gasteiger partial charge in [0.25, 0.3) is 5.92 Å². The van der Waals surface area contributed by atoms with Crippen LogP contribution in [0.1, 0.15) is 12.6 Å². The van der Waals surface area contributed by atoms with E-state index < -0.39 is 30.4 Å². The Balaban J connectivity index is 1.70. The van der Waals surface area contributed by atoms with E-state index in [-0.39, 0.29) is 5.82 Å². The standard InChI is InChI=1S/C15H20F2N6O2/c16-15(17)7-11(9-22-6-4-20-10(8-22)1-3-18)25-13(15)23-5-2-12(19)21-14(23)24/h1-3,5,11,13H,4,6-9,18H2,(H2,19,21,24)/t11-,13+/m0/s1. The van der Waals surface area contributed by atoms with E-state index in [9.17, 15) is 13.6 Å². The first-order valence-electron chi connectivity index (χ1n) is 7.91. The Morgan fingerprint density at radius 1 is 1.48 bits per heavy atom. The van der Waals surface area contributed by atoms with Crippen molar-refractivity contribution in [2.45, 2.75) is 24.7 Å². The fourth-order valence-corrected chi connectivity index (χ4v) is 3.07. The van der Waals surface area contributed by atoms with Crippen molar-refractivity contribution in [1.82, 2.24) is 14.5 Å². The number of anilines is 1. The summed E-state index contributed by atoms with van der Waals surface area (Å²) in [6.07, 6.45) is 1.43. The van der Waals surface area contributed by atoms with Crippen molar-refractivity contribution in [3.05, 3.63) is 35.0 Å². The van der Waals surface area contributed by atoms with Gasteiger partial charge in [0, 0.05) is 32.3 Å². The van der Waals surface area contributed by atoms with Crippen molar-refractivity contribution < 1.29 is 13.5 Å². The molecule has 8 nitrogen and oxygen atoms in total. The van der Waals surface area contributed by atoms with Gasteiger partial charge >= 0.3 is 5.69 Å². The first-order valence-corrected chi connectivity index (χ1v) is 7.91. The molecule has 4 N–H and O–H groups in total. The molecule has 2 aliphatic heterocycles. The van der Waals surface area contributed by atoms with Gasteiger partial charge in [0.15, 0.2) is 0 Å². The molecule has 0 bridgehead atoms. The maximum absolute atomic E-state index is 14.4. The number of alkyl halides is 2. The minimum absolute atomic E-state index is 0.0211. The molecule has 1 fully saturated rings. The van der Waals surface area contributed by atoms with Gasteiger partial charge in [-0.2, -0.15) is 4.98 Å². The fourth-order valence-electron chi connectivity index (χ4n) is 3.07. The quantitative estimate of drug-likeness (QED) is 0.786. The summed E-state index contributed by atoms with van der Waals surface area (Å²) in [5.41, 5.74) is 10.7. The highest BCUT2D eigenvalue weighted by atomic mass is 19.3. The molecule has 0 aromatic carbocycles. The summed E-state index contributed by atoms with van der Waals surface area (Å²) in [5.74, 6) is -3.19. The summed E-state index contributed by atoms with van der Waals surface area (Å²) < 4.78 is 35.0. The summed E-state index contributed by atoms with van der Waals surface area (Å²) in [7, 11) is 0. The number of nitrogens with zero attached hydrogens (tertiary/aromatic N) is 4. The minimum Gasteiger partial charge on any atom is -0.405 e. The van der Waals surface area contributed by atoms with Gasteiger partial charge in [-0.1, -0.05) is 0 Å². The number of hydrogen-bond donors (Lipinski definition) is 2. The lowest BCUT2D eigenvalue weighted by molar-refractivity contribution is -0.118. The molecule has 2 aliphatic rings. The molecule has 1 aromatic heterocycles. The molecule has 0 unspecified atom stereocenters. The number of nitrogens with two attached hydrogens (primary N) is 2. The van der Waals surface area contributed by atoms with Crippen LogP contribution in [0.15, 0.2) is 34.3 Å². The SMILES string of the molecule is NC=CC1=NCCN(C[C@@H]2CC(F)(F)[C@H](n3ccc(N)nc3=O)O2)C1. The Morgan fingerprint density at radius 2 is 2.28 bits per heavy atom. The summed E-state index contributed by atoms with van der Waals surface area (Å²) in [6, 6.07) is 1.29. The highest BCUT2D eigenvalue weighted by molar-refractivity contribution is 5.96. The molecular weight excluding hydrogens is 334 g/mol. The zero-order valence-corrected chi connectivity index (χ0v) is 13.5. The van der Waals surface area contributed by atoms with Gasteiger partial charge in [0.1, 0.15) is 5.82 Å². The number of aliphatic imine (C=N–C) groups is 1. The van der Waals surface area contributed by atoms with Gasteiger partial charge < -0.3 is 16.2 Å². The lowest BCUT2D eigenvalue weighted by Crippen LogP contribution is -2.40. The van der Waals surface area contributed by atoms with E-state index in [4.69, 9.17) is 16.2 Å². The van der Waals surface area contributed by atoms with Gasteiger partial charge in [0.05, 0.1) is 18.4 Å².